The van der Waals surface area contributed by atoms with Gasteiger partial charge < -0.3 is 10.2 Å². The number of benzene rings is 2. The molecule has 3 rings (SSSR count). The van der Waals surface area contributed by atoms with E-state index in [1.807, 2.05) is 37.3 Å². The molecule has 0 fully saturated rings. The summed E-state index contributed by atoms with van der Waals surface area (Å²) < 4.78 is 6.90. The average Bonchev–Trinajstić information content (AvgIpc) is 2.77. The van der Waals surface area contributed by atoms with Crippen LogP contribution in [0.5, 0.6) is 0 Å². The number of aromatic nitrogens is 1. The molecule has 0 bridgehead atoms. The normalized spacial score (nSPS) is 11.1. The van der Waals surface area contributed by atoms with Gasteiger partial charge in [-0.25, -0.2) is 4.79 Å². The summed E-state index contributed by atoms with van der Waals surface area (Å²) in [5.74, 6) is -0.325. The quantitative estimate of drug-likeness (QED) is 0.793. The monoisotopic (exact) mass is 268 g/mol. The molecule has 2 aromatic carbocycles. The van der Waals surface area contributed by atoms with Gasteiger partial charge >= 0.3 is 5.76 Å². The fraction of sp³-hybridized carbons (Fsp3) is 0.188. The molecule has 0 aliphatic carbocycles. The van der Waals surface area contributed by atoms with Gasteiger partial charge in [-0.1, -0.05) is 30.3 Å². The van der Waals surface area contributed by atoms with Crippen molar-refractivity contribution in [1.29, 1.82) is 0 Å². The number of nitrogens with zero attached hydrogens (tertiary/aromatic N) is 1. The first-order valence-electron chi connectivity index (χ1n) is 6.56. The van der Waals surface area contributed by atoms with E-state index in [-0.39, 0.29) is 5.76 Å². The van der Waals surface area contributed by atoms with Crippen LogP contribution in [0.2, 0.25) is 0 Å². The number of hydrogen-bond donors (Lipinski definition) is 1. The highest BCUT2D eigenvalue weighted by Crippen LogP contribution is 2.16. The maximum absolute atomic E-state index is 12.0. The van der Waals surface area contributed by atoms with Crippen molar-refractivity contribution < 1.29 is 4.42 Å². The van der Waals surface area contributed by atoms with Gasteiger partial charge in [-0.3, -0.25) is 4.57 Å². The van der Waals surface area contributed by atoms with Crippen molar-refractivity contribution in [3.63, 3.8) is 0 Å². The summed E-state index contributed by atoms with van der Waals surface area (Å²) in [4.78, 5) is 12.0. The van der Waals surface area contributed by atoms with E-state index in [2.05, 4.69) is 6.07 Å². The Labute approximate surface area is 116 Å². The lowest BCUT2D eigenvalue weighted by molar-refractivity contribution is 0.517. The van der Waals surface area contributed by atoms with Crippen molar-refractivity contribution in [3.05, 3.63) is 69.7 Å². The molecule has 0 saturated heterocycles. The van der Waals surface area contributed by atoms with Crippen molar-refractivity contribution in [3.8, 4) is 0 Å². The Morgan fingerprint density at radius 1 is 1.20 bits per heavy atom. The third-order valence-corrected chi connectivity index (χ3v) is 3.54. The van der Waals surface area contributed by atoms with Gasteiger partial charge in [0.1, 0.15) is 0 Å². The van der Waals surface area contributed by atoms with E-state index in [1.165, 1.54) is 0 Å². The molecule has 0 saturated carbocycles. The Balaban J connectivity index is 2.05. The molecule has 0 spiro atoms. The van der Waals surface area contributed by atoms with E-state index in [9.17, 15) is 4.79 Å². The molecule has 2 N–H and O–H groups in total. The van der Waals surface area contributed by atoms with Gasteiger partial charge in [-0.05, 0) is 35.7 Å². The number of nitrogens with two attached hydrogens (primary N) is 1. The summed E-state index contributed by atoms with van der Waals surface area (Å²) in [6, 6.07) is 13.5. The summed E-state index contributed by atoms with van der Waals surface area (Å²) in [6.45, 7) is 3.06. The fourth-order valence-electron chi connectivity index (χ4n) is 2.40. The molecule has 0 aliphatic rings. The lowest BCUT2D eigenvalue weighted by Gasteiger charge is -2.08. The number of para-hydroxylation sites is 2. The highest BCUT2D eigenvalue weighted by Gasteiger charge is 2.10. The molecule has 0 amide bonds. The molecule has 1 aromatic heterocycles. The molecule has 20 heavy (non-hydrogen) atoms. The maximum atomic E-state index is 12.0. The van der Waals surface area contributed by atoms with E-state index in [0.717, 1.165) is 22.2 Å². The predicted molar refractivity (Wildman–Crippen MR) is 78.6 cm³/mol. The van der Waals surface area contributed by atoms with Gasteiger partial charge in [0.05, 0.1) is 12.1 Å². The topological polar surface area (TPSA) is 61.2 Å². The van der Waals surface area contributed by atoms with Crippen LogP contribution in [0, 0.1) is 6.92 Å². The number of rotatable bonds is 3. The highest BCUT2D eigenvalue weighted by molar-refractivity contribution is 5.72. The molecule has 0 aliphatic heterocycles. The first-order chi connectivity index (χ1) is 9.69. The number of aryl methyl sites for hydroxylation is 1. The number of oxazole rings is 1. The maximum Gasteiger partial charge on any atom is 0.420 e. The van der Waals surface area contributed by atoms with Crippen LogP contribution in [0.25, 0.3) is 11.1 Å². The Hall–Kier alpha value is -2.33. The number of hydrogen-bond acceptors (Lipinski definition) is 3. The second-order valence-corrected chi connectivity index (χ2v) is 4.89. The van der Waals surface area contributed by atoms with E-state index in [1.54, 1.807) is 10.6 Å². The molecule has 0 atom stereocenters. The SMILES string of the molecule is Cc1cc(CN)ccc1Cn1c(=O)oc2ccccc21. The van der Waals surface area contributed by atoms with Crippen LogP contribution in [-0.4, -0.2) is 4.57 Å². The molecule has 0 unspecified atom stereocenters. The summed E-state index contributed by atoms with van der Waals surface area (Å²) in [7, 11) is 0. The summed E-state index contributed by atoms with van der Waals surface area (Å²) in [5.41, 5.74) is 10.4. The molecule has 1 heterocycles. The lowest BCUT2D eigenvalue weighted by atomic mass is 10.0. The Bertz CT molecular complexity index is 815. The zero-order chi connectivity index (χ0) is 14.1. The van der Waals surface area contributed by atoms with Crippen LogP contribution in [0.15, 0.2) is 51.7 Å². The third kappa shape index (κ3) is 2.14. The summed E-state index contributed by atoms with van der Waals surface area (Å²) in [5, 5.41) is 0. The predicted octanol–water partition coefficient (Wildman–Crippen LogP) is 2.41. The molecule has 4 heteroatoms. The van der Waals surface area contributed by atoms with E-state index in [0.29, 0.717) is 18.7 Å². The van der Waals surface area contributed by atoms with Crippen molar-refractivity contribution >= 4 is 11.1 Å². The van der Waals surface area contributed by atoms with E-state index >= 15 is 0 Å². The first-order valence-corrected chi connectivity index (χ1v) is 6.56. The third-order valence-electron chi connectivity index (χ3n) is 3.54. The minimum Gasteiger partial charge on any atom is -0.408 e. The minimum absolute atomic E-state index is 0.325. The van der Waals surface area contributed by atoms with Crippen molar-refractivity contribution in [2.75, 3.05) is 0 Å². The van der Waals surface area contributed by atoms with Gasteiger partial charge in [0.25, 0.3) is 0 Å². The Morgan fingerprint density at radius 3 is 2.75 bits per heavy atom. The molecular formula is C16H16N2O2. The largest absolute Gasteiger partial charge is 0.420 e. The lowest BCUT2D eigenvalue weighted by Crippen LogP contribution is -2.15. The van der Waals surface area contributed by atoms with Crippen LogP contribution < -0.4 is 11.5 Å². The van der Waals surface area contributed by atoms with E-state index < -0.39 is 0 Å². The van der Waals surface area contributed by atoms with Crippen LogP contribution in [-0.2, 0) is 13.1 Å². The van der Waals surface area contributed by atoms with E-state index in [4.69, 9.17) is 10.2 Å². The molecule has 102 valence electrons. The van der Waals surface area contributed by atoms with Crippen LogP contribution in [0.3, 0.4) is 0 Å². The molecular weight excluding hydrogens is 252 g/mol. The zero-order valence-electron chi connectivity index (χ0n) is 11.3. The first kappa shape index (κ1) is 12.7. The van der Waals surface area contributed by atoms with Crippen LogP contribution in [0.4, 0.5) is 0 Å². The van der Waals surface area contributed by atoms with Gasteiger partial charge in [-0.15, -0.1) is 0 Å². The standard InChI is InChI=1S/C16H16N2O2/c1-11-8-12(9-17)6-7-13(11)10-18-14-4-2-3-5-15(14)20-16(18)19/h2-8H,9-10,17H2,1H3. The highest BCUT2D eigenvalue weighted by atomic mass is 16.4. The van der Waals surface area contributed by atoms with Gasteiger partial charge in [0, 0.05) is 6.54 Å². The Kier molecular flexibility index (Phi) is 3.16. The average molecular weight is 268 g/mol. The summed E-state index contributed by atoms with van der Waals surface area (Å²) >= 11 is 0. The van der Waals surface area contributed by atoms with Crippen molar-refractivity contribution in [2.24, 2.45) is 5.73 Å². The van der Waals surface area contributed by atoms with Crippen LogP contribution in [0.1, 0.15) is 16.7 Å². The summed E-state index contributed by atoms with van der Waals surface area (Å²) in [6.07, 6.45) is 0. The smallest absolute Gasteiger partial charge is 0.408 e. The second-order valence-electron chi connectivity index (χ2n) is 4.89. The fourth-order valence-corrected chi connectivity index (χ4v) is 2.40. The van der Waals surface area contributed by atoms with Crippen molar-refractivity contribution in [1.82, 2.24) is 4.57 Å². The Morgan fingerprint density at radius 2 is 2.00 bits per heavy atom. The zero-order valence-corrected chi connectivity index (χ0v) is 11.3. The van der Waals surface area contributed by atoms with Crippen LogP contribution >= 0.6 is 0 Å². The second kappa shape index (κ2) is 4.98. The minimum atomic E-state index is -0.325. The van der Waals surface area contributed by atoms with Gasteiger partial charge in [-0.2, -0.15) is 0 Å². The molecule has 3 aromatic rings. The van der Waals surface area contributed by atoms with Gasteiger partial charge in [0.2, 0.25) is 0 Å². The number of fused-ring (bicyclic) bond motifs is 1. The molecule has 0 radical (unpaired) electrons. The molecule has 4 nitrogen and oxygen atoms in total. The van der Waals surface area contributed by atoms with Crippen molar-refractivity contribution in [2.45, 2.75) is 20.0 Å². The van der Waals surface area contributed by atoms with Gasteiger partial charge in [0.15, 0.2) is 5.58 Å².